The highest BCUT2D eigenvalue weighted by molar-refractivity contribution is 5.90. The quantitative estimate of drug-likeness (QED) is 0.731. The van der Waals surface area contributed by atoms with E-state index in [1.807, 2.05) is 31.2 Å². The third-order valence-electron chi connectivity index (χ3n) is 2.79. The minimum atomic E-state index is -0.0915. The van der Waals surface area contributed by atoms with Gasteiger partial charge in [0.05, 0.1) is 11.8 Å². The summed E-state index contributed by atoms with van der Waals surface area (Å²) in [5.41, 5.74) is 1.86. The first-order valence-electron chi connectivity index (χ1n) is 6.13. The van der Waals surface area contributed by atoms with Gasteiger partial charge in [-0.1, -0.05) is 32.0 Å². The number of anilines is 1. The second-order valence-corrected chi connectivity index (χ2v) is 4.14. The second-order valence-electron chi connectivity index (χ2n) is 4.14. The number of aryl methyl sites for hydroxylation is 1. The van der Waals surface area contributed by atoms with Crippen LogP contribution in [-0.2, 0) is 9.63 Å². The Balaban J connectivity index is 2.94. The summed E-state index contributed by atoms with van der Waals surface area (Å²) in [5, 5.41) is 1.41. The number of benzene rings is 1. The van der Waals surface area contributed by atoms with Crippen LogP contribution in [0.25, 0.3) is 0 Å². The Hall–Kier alpha value is -1.35. The fraction of sp³-hybridized carbons (Fsp3) is 0.500. The van der Waals surface area contributed by atoms with Crippen molar-refractivity contribution in [3.63, 3.8) is 0 Å². The molecule has 1 rings (SSSR count). The predicted molar refractivity (Wildman–Crippen MR) is 69.8 cm³/mol. The third-order valence-corrected chi connectivity index (χ3v) is 2.79. The molecule has 0 fully saturated rings. The number of amides is 1. The zero-order valence-electron chi connectivity index (χ0n) is 11.1. The molecule has 0 saturated heterocycles. The summed E-state index contributed by atoms with van der Waals surface area (Å²) in [7, 11) is 0. The fourth-order valence-electron chi connectivity index (χ4n) is 1.68. The monoisotopic (exact) mass is 235 g/mol. The molecule has 94 valence electrons. The van der Waals surface area contributed by atoms with E-state index in [0.29, 0.717) is 0 Å². The van der Waals surface area contributed by atoms with E-state index in [1.165, 1.54) is 12.0 Å². The van der Waals surface area contributed by atoms with Crippen LogP contribution in [0.2, 0.25) is 0 Å². The van der Waals surface area contributed by atoms with E-state index in [-0.39, 0.29) is 12.0 Å². The Labute approximate surface area is 103 Å². The van der Waals surface area contributed by atoms with Gasteiger partial charge in [0.15, 0.2) is 0 Å². The van der Waals surface area contributed by atoms with Crippen molar-refractivity contribution in [1.29, 1.82) is 0 Å². The maximum absolute atomic E-state index is 11.7. The van der Waals surface area contributed by atoms with Gasteiger partial charge in [-0.3, -0.25) is 9.63 Å². The van der Waals surface area contributed by atoms with Crippen LogP contribution in [0.5, 0.6) is 0 Å². The first kappa shape index (κ1) is 13.7. The molecule has 0 heterocycles. The number of rotatable bonds is 5. The van der Waals surface area contributed by atoms with Gasteiger partial charge < -0.3 is 0 Å². The standard InChI is InChI=1S/C14H21NO2/c1-5-13(6-2)17-15(12(4)16)14-10-8-7-9-11(14)3/h7-10,13H,5-6H2,1-4H3. The normalized spacial score (nSPS) is 10.6. The molecule has 0 unspecified atom stereocenters. The van der Waals surface area contributed by atoms with Crippen LogP contribution >= 0.6 is 0 Å². The van der Waals surface area contributed by atoms with Gasteiger partial charge in [0.2, 0.25) is 5.91 Å². The molecule has 0 atom stereocenters. The van der Waals surface area contributed by atoms with Crippen LogP contribution in [0.15, 0.2) is 24.3 Å². The number of nitrogens with zero attached hydrogens (tertiary/aromatic N) is 1. The molecular weight excluding hydrogens is 214 g/mol. The highest BCUT2D eigenvalue weighted by Crippen LogP contribution is 2.22. The number of carbonyl (C=O) groups excluding carboxylic acids is 1. The minimum Gasteiger partial charge on any atom is -0.273 e. The Morgan fingerprint density at radius 1 is 1.29 bits per heavy atom. The molecule has 1 aromatic rings. The van der Waals surface area contributed by atoms with Crippen molar-refractivity contribution < 1.29 is 9.63 Å². The van der Waals surface area contributed by atoms with Crippen LogP contribution in [0, 0.1) is 6.92 Å². The Morgan fingerprint density at radius 2 is 1.88 bits per heavy atom. The number of carbonyl (C=O) groups is 1. The zero-order valence-corrected chi connectivity index (χ0v) is 11.1. The second kappa shape index (κ2) is 6.40. The van der Waals surface area contributed by atoms with Crippen LogP contribution in [0.3, 0.4) is 0 Å². The van der Waals surface area contributed by atoms with Crippen molar-refractivity contribution in [1.82, 2.24) is 0 Å². The van der Waals surface area contributed by atoms with Gasteiger partial charge in [0.25, 0.3) is 0 Å². The van der Waals surface area contributed by atoms with Crippen LogP contribution in [-0.4, -0.2) is 12.0 Å². The summed E-state index contributed by atoms with van der Waals surface area (Å²) in [4.78, 5) is 17.4. The molecule has 0 aliphatic rings. The van der Waals surface area contributed by atoms with Gasteiger partial charge in [0, 0.05) is 6.92 Å². The highest BCUT2D eigenvalue weighted by Gasteiger charge is 2.18. The first-order valence-corrected chi connectivity index (χ1v) is 6.13. The van der Waals surface area contributed by atoms with E-state index in [1.54, 1.807) is 0 Å². The van der Waals surface area contributed by atoms with Crippen molar-refractivity contribution in [2.24, 2.45) is 0 Å². The van der Waals surface area contributed by atoms with Crippen molar-refractivity contribution in [2.75, 3.05) is 5.06 Å². The summed E-state index contributed by atoms with van der Waals surface area (Å²) in [6.45, 7) is 7.62. The molecule has 3 nitrogen and oxygen atoms in total. The van der Waals surface area contributed by atoms with Crippen molar-refractivity contribution in [3.8, 4) is 0 Å². The SMILES string of the molecule is CCC(CC)ON(C(C)=O)c1ccccc1C. The average Bonchev–Trinajstić information content (AvgIpc) is 2.32. The van der Waals surface area contributed by atoms with Crippen molar-refractivity contribution in [3.05, 3.63) is 29.8 Å². The smallest absolute Gasteiger partial charge is 0.247 e. The molecular formula is C14H21NO2. The van der Waals surface area contributed by atoms with E-state index in [9.17, 15) is 4.79 Å². The summed E-state index contributed by atoms with van der Waals surface area (Å²) in [6.07, 6.45) is 1.87. The molecule has 1 amide bonds. The summed E-state index contributed by atoms with van der Waals surface area (Å²) >= 11 is 0. The Kier molecular flexibility index (Phi) is 5.16. The molecule has 0 spiro atoms. The van der Waals surface area contributed by atoms with Crippen LogP contribution in [0.1, 0.15) is 39.2 Å². The minimum absolute atomic E-state index is 0.0820. The predicted octanol–water partition coefficient (Wildman–Crippen LogP) is 3.47. The number of hydrogen-bond acceptors (Lipinski definition) is 2. The Morgan fingerprint density at radius 3 is 2.35 bits per heavy atom. The van der Waals surface area contributed by atoms with E-state index in [4.69, 9.17) is 4.84 Å². The molecule has 3 heteroatoms. The van der Waals surface area contributed by atoms with E-state index < -0.39 is 0 Å². The van der Waals surface area contributed by atoms with Gasteiger partial charge in [0.1, 0.15) is 0 Å². The van der Waals surface area contributed by atoms with Gasteiger partial charge in [-0.25, -0.2) is 0 Å². The molecule has 0 aliphatic carbocycles. The van der Waals surface area contributed by atoms with Gasteiger partial charge in [-0.2, -0.15) is 5.06 Å². The van der Waals surface area contributed by atoms with Gasteiger partial charge in [-0.05, 0) is 31.4 Å². The van der Waals surface area contributed by atoms with Crippen LogP contribution in [0.4, 0.5) is 5.69 Å². The summed E-state index contributed by atoms with van der Waals surface area (Å²) in [5.74, 6) is -0.0915. The molecule has 0 aliphatic heterocycles. The number of para-hydroxylation sites is 1. The molecule has 1 aromatic carbocycles. The lowest BCUT2D eigenvalue weighted by molar-refractivity contribution is -0.126. The maximum Gasteiger partial charge on any atom is 0.247 e. The lowest BCUT2D eigenvalue weighted by Gasteiger charge is -2.26. The Bertz CT molecular complexity index is 372. The van der Waals surface area contributed by atoms with E-state index >= 15 is 0 Å². The molecule has 0 aromatic heterocycles. The van der Waals surface area contributed by atoms with Crippen molar-refractivity contribution in [2.45, 2.75) is 46.6 Å². The fourth-order valence-corrected chi connectivity index (χ4v) is 1.68. The largest absolute Gasteiger partial charge is 0.273 e. The topological polar surface area (TPSA) is 29.5 Å². The first-order chi connectivity index (χ1) is 8.10. The molecule has 17 heavy (non-hydrogen) atoms. The van der Waals surface area contributed by atoms with Crippen LogP contribution < -0.4 is 5.06 Å². The van der Waals surface area contributed by atoms with Gasteiger partial charge in [-0.15, -0.1) is 0 Å². The highest BCUT2D eigenvalue weighted by atomic mass is 16.7. The molecule has 0 saturated carbocycles. The molecule has 0 radical (unpaired) electrons. The molecule has 0 bridgehead atoms. The number of hydrogen-bond donors (Lipinski definition) is 0. The zero-order chi connectivity index (χ0) is 12.8. The lowest BCUT2D eigenvalue weighted by atomic mass is 10.2. The van der Waals surface area contributed by atoms with Gasteiger partial charge >= 0.3 is 0 Å². The van der Waals surface area contributed by atoms with Crippen molar-refractivity contribution >= 4 is 11.6 Å². The van der Waals surface area contributed by atoms with E-state index in [0.717, 1.165) is 24.1 Å². The maximum atomic E-state index is 11.7. The third kappa shape index (κ3) is 3.56. The number of hydroxylamine groups is 1. The lowest BCUT2D eigenvalue weighted by Crippen LogP contribution is -2.33. The summed E-state index contributed by atoms with van der Waals surface area (Å²) in [6, 6.07) is 7.74. The van der Waals surface area contributed by atoms with E-state index in [2.05, 4.69) is 13.8 Å². The molecule has 0 N–H and O–H groups in total. The summed E-state index contributed by atoms with van der Waals surface area (Å²) < 4.78 is 0. The average molecular weight is 235 g/mol.